The number of hydrogen-bond acceptors (Lipinski definition) is 5. The van der Waals surface area contributed by atoms with E-state index in [9.17, 15) is 5.11 Å². The Morgan fingerprint density at radius 1 is 1.32 bits per heavy atom. The maximum atomic E-state index is 10.8. The highest BCUT2D eigenvalue weighted by Crippen LogP contribution is 2.44. The van der Waals surface area contributed by atoms with Gasteiger partial charge in [0.2, 0.25) is 0 Å². The molecule has 2 atom stereocenters. The molecule has 2 heterocycles. The Kier molecular flexibility index (Phi) is 3.87. The predicted molar refractivity (Wildman–Crippen MR) is 84.7 cm³/mol. The normalized spacial score (nSPS) is 28.3. The van der Waals surface area contributed by atoms with Crippen molar-refractivity contribution in [1.29, 1.82) is 0 Å². The van der Waals surface area contributed by atoms with Gasteiger partial charge in [0.15, 0.2) is 0 Å². The summed E-state index contributed by atoms with van der Waals surface area (Å²) < 4.78 is 6.01. The van der Waals surface area contributed by atoms with Gasteiger partial charge in [-0.1, -0.05) is 5.16 Å². The summed E-state index contributed by atoms with van der Waals surface area (Å²) in [5, 5.41) is 23.1. The van der Waals surface area contributed by atoms with Gasteiger partial charge in [-0.05, 0) is 70.5 Å². The first-order valence-electron chi connectivity index (χ1n) is 7.88. The van der Waals surface area contributed by atoms with E-state index in [1.165, 1.54) is 0 Å². The molecule has 1 aromatic carbocycles. The lowest BCUT2D eigenvalue weighted by Crippen LogP contribution is -2.53. The molecule has 22 heavy (non-hydrogen) atoms. The van der Waals surface area contributed by atoms with Gasteiger partial charge in [0, 0.05) is 5.56 Å². The topological polar surface area (TPSA) is 65.3 Å². The van der Waals surface area contributed by atoms with E-state index in [2.05, 4.69) is 10.1 Å². The Labute approximate surface area is 131 Å². The fourth-order valence-electron chi connectivity index (χ4n) is 3.47. The van der Waals surface area contributed by atoms with Crippen LogP contribution in [0.15, 0.2) is 23.4 Å². The molecule has 2 aliphatic rings. The number of ether oxygens (including phenoxy) is 1. The van der Waals surface area contributed by atoms with Gasteiger partial charge in [-0.3, -0.25) is 4.90 Å². The van der Waals surface area contributed by atoms with Crippen LogP contribution < -0.4 is 4.74 Å². The van der Waals surface area contributed by atoms with Crippen LogP contribution in [-0.2, 0) is 0 Å². The van der Waals surface area contributed by atoms with E-state index in [-0.39, 0.29) is 6.04 Å². The van der Waals surface area contributed by atoms with Crippen molar-refractivity contribution in [3.63, 3.8) is 0 Å². The molecule has 2 aliphatic heterocycles. The van der Waals surface area contributed by atoms with E-state index in [1.807, 2.05) is 32.0 Å². The zero-order chi connectivity index (χ0) is 15.9. The third-order valence-electron chi connectivity index (χ3n) is 4.81. The smallest absolute Gasteiger partial charge is 0.131 e. The number of hydrogen-bond donors (Lipinski definition) is 2. The van der Waals surface area contributed by atoms with Gasteiger partial charge < -0.3 is 15.1 Å². The monoisotopic (exact) mass is 304 g/mol. The van der Waals surface area contributed by atoms with Crippen molar-refractivity contribution < 1.29 is 15.1 Å². The number of aliphatic hydroxyl groups is 1. The number of fused-ring (bicyclic) bond motifs is 1. The molecule has 0 saturated carbocycles. The average Bonchev–Trinajstić information content (AvgIpc) is 3.01. The Bertz CT molecular complexity index is 592. The number of oxime groups is 1. The zero-order valence-corrected chi connectivity index (χ0v) is 13.4. The Balaban J connectivity index is 2.08. The first-order chi connectivity index (χ1) is 10.4. The molecule has 3 rings (SSSR count). The standard InChI is InChI=1S/C17H24N2O3/c1-11(18-21)12-6-7-14-13(10-12)15(19-8-4-5-9-19)16(20)17(2,3)22-14/h6-7,10,15-16,20-21H,4-5,8-9H2,1-3H3. The van der Waals surface area contributed by atoms with Crippen LogP contribution in [0, 0.1) is 0 Å². The van der Waals surface area contributed by atoms with Gasteiger partial charge in [0.25, 0.3) is 0 Å². The van der Waals surface area contributed by atoms with Crippen molar-refractivity contribution in [3.8, 4) is 5.75 Å². The molecule has 5 heteroatoms. The molecule has 1 fully saturated rings. The van der Waals surface area contributed by atoms with E-state index in [4.69, 9.17) is 9.94 Å². The maximum absolute atomic E-state index is 10.8. The van der Waals surface area contributed by atoms with E-state index in [1.54, 1.807) is 6.92 Å². The maximum Gasteiger partial charge on any atom is 0.131 e. The molecule has 2 unspecified atom stereocenters. The van der Waals surface area contributed by atoms with Crippen molar-refractivity contribution in [1.82, 2.24) is 4.90 Å². The third kappa shape index (κ3) is 2.48. The van der Waals surface area contributed by atoms with Crippen LogP contribution in [0.25, 0.3) is 0 Å². The van der Waals surface area contributed by atoms with Gasteiger partial charge in [0.1, 0.15) is 17.5 Å². The average molecular weight is 304 g/mol. The third-order valence-corrected chi connectivity index (χ3v) is 4.81. The van der Waals surface area contributed by atoms with Crippen molar-refractivity contribution in [2.24, 2.45) is 5.16 Å². The molecule has 120 valence electrons. The number of nitrogens with zero attached hydrogens (tertiary/aromatic N) is 2. The van der Waals surface area contributed by atoms with E-state index in [0.29, 0.717) is 5.71 Å². The van der Waals surface area contributed by atoms with Crippen LogP contribution in [0.3, 0.4) is 0 Å². The second kappa shape index (κ2) is 5.56. The molecule has 5 nitrogen and oxygen atoms in total. The van der Waals surface area contributed by atoms with Crippen LogP contribution in [0.2, 0.25) is 0 Å². The van der Waals surface area contributed by atoms with Crippen molar-refractivity contribution in [2.75, 3.05) is 13.1 Å². The quantitative estimate of drug-likeness (QED) is 0.501. The van der Waals surface area contributed by atoms with Crippen LogP contribution in [0.4, 0.5) is 0 Å². The van der Waals surface area contributed by atoms with Crippen molar-refractivity contribution >= 4 is 5.71 Å². The van der Waals surface area contributed by atoms with Crippen molar-refractivity contribution in [2.45, 2.75) is 51.4 Å². The largest absolute Gasteiger partial charge is 0.485 e. The second-order valence-corrected chi connectivity index (χ2v) is 6.78. The SMILES string of the molecule is CC(=NO)c1ccc2c(c1)C(N1CCCC1)C(O)C(C)(C)O2. The Morgan fingerprint density at radius 3 is 2.64 bits per heavy atom. The van der Waals surface area contributed by atoms with E-state index in [0.717, 1.165) is 42.8 Å². The Hall–Kier alpha value is -1.59. The van der Waals surface area contributed by atoms with E-state index >= 15 is 0 Å². The summed E-state index contributed by atoms with van der Waals surface area (Å²) in [4.78, 5) is 2.34. The van der Waals surface area contributed by atoms with Gasteiger partial charge in [-0.2, -0.15) is 0 Å². The Morgan fingerprint density at radius 2 is 2.00 bits per heavy atom. The lowest BCUT2D eigenvalue weighted by atomic mass is 9.84. The second-order valence-electron chi connectivity index (χ2n) is 6.78. The number of rotatable bonds is 2. The number of benzene rings is 1. The fraction of sp³-hybridized carbons (Fsp3) is 0.588. The lowest BCUT2D eigenvalue weighted by molar-refractivity contribution is -0.0895. The molecule has 0 amide bonds. The summed E-state index contributed by atoms with van der Waals surface area (Å²) in [6, 6.07) is 5.71. The summed E-state index contributed by atoms with van der Waals surface area (Å²) in [5.41, 5.74) is 1.76. The van der Waals surface area contributed by atoms with Gasteiger partial charge >= 0.3 is 0 Å². The molecule has 0 spiro atoms. The zero-order valence-electron chi connectivity index (χ0n) is 13.4. The summed E-state index contributed by atoms with van der Waals surface area (Å²) in [5.74, 6) is 0.807. The van der Waals surface area contributed by atoms with Gasteiger partial charge in [-0.15, -0.1) is 0 Å². The predicted octanol–water partition coefficient (Wildman–Crippen LogP) is 2.55. The van der Waals surface area contributed by atoms with Crippen LogP contribution in [0.5, 0.6) is 5.75 Å². The molecule has 2 N–H and O–H groups in total. The summed E-state index contributed by atoms with van der Waals surface area (Å²) >= 11 is 0. The minimum atomic E-state index is -0.623. The first kappa shape index (κ1) is 15.3. The molecule has 0 aliphatic carbocycles. The molecule has 1 saturated heterocycles. The highest BCUT2D eigenvalue weighted by Gasteiger charge is 2.45. The van der Waals surface area contributed by atoms with Crippen LogP contribution in [0.1, 0.15) is 50.8 Å². The van der Waals surface area contributed by atoms with Crippen LogP contribution in [-0.4, -0.2) is 45.7 Å². The lowest BCUT2D eigenvalue weighted by Gasteiger charge is -2.45. The molecular formula is C17H24N2O3. The highest BCUT2D eigenvalue weighted by atomic mass is 16.5. The summed E-state index contributed by atoms with van der Waals surface area (Å²) in [6.45, 7) is 7.61. The minimum absolute atomic E-state index is 0.0762. The number of likely N-dealkylation sites (tertiary alicyclic amines) is 1. The fourth-order valence-corrected chi connectivity index (χ4v) is 3.47. The van der Waals surface area contributed by atoms with Crippen LogP contribution >= 0.6 is 0 Å². The highest BCUT2D eigenvalue weighted by molar-refractivity contribution is 5.98. The molecule has 0 radical (unpaired) electrons. The minimum Gasteiger partial charge on any atom is -0.485 e. The van der Waals surface area contributed by atoms with Gasteiger partial charge in [-0.25, -0.2) is 0 Å². The first-order valence-corrected chi connectivity index (χ1v) is 7.88. The van der Waals surface area contributed by atoms with Gasteiger partial charge in [0.05, 0.1) is 11.8 Å². The molecule has 1 aromatic rings. The van der Waals surface area contributed by atoms with E-state index < -0.39 is 11.7 Å². The molecular weight excluding hydrogens is 280 g/mol. The molecule has 0 bridgehead atoms. The van der Waals surface area contributed by atoms with Crippen molar-refractivity contribution in [3.05, 3.63) is 29.3 Å². The summed E-state index contributed by atoms with van der Waals surface area (Å²) in [7, 11) is 0. The summed E-state index contributed by atoms with van der Waals surface area (Å²) in [6.07, 6.45) is 1.73. The number of aliphatic hydroxyl groups excluding tert-OH is 1. The molecule has 0 aromatic heterocycles.